The van der Waals surface area contributed by atoms with E-state index < -0.39 is 0 Å². The topological polar surface area (TPSA) is 58.2 Å². The number of hydrogen-bond donors (Lipinski definition) is 1. The lowest BCUT2D eigenvalue weighted by Gasteiger charge is -2.32. The quantitative estimate of drug-likeness (QED) is 0.887. The lowest BCUT2D eigenvalue weighted by molar-refractivity contribution is -0.133. The number of likely N-dealkylation sites (tertiary alicyclic amines) is 1. The van der Waals surface area contributed by atoms with E-state index in [0.29, 0.717) is 18.9 Å². The van der Waals surface area contributed by atoms with Gasteiger partial charge in [0, 0.05) is 25.0 Å². The summed E-state index contributed by atoms with van der Waals surface area (Å²) in [4.78, 5) is 21.5. The summed E-state index contributed by atoms with van der Waals surface area (Å²) in [5.41, 5.74) is 2.39. The molecule has 0 aliphatic carbocycles. The van der Waals surface area contributed by atoms with Gasteiger partial charge in [0.25, 0.3) is 0 Å². The van der Waals surface area contributed by atoms with Crippen molar-refractivity contribution in [2.45, 2.75) is 32.6 Å². The number of aromatic nitrogens is 2. The normalized spacial score (nSPS) is 15.5. The van der Waals surface area contributed by atoms with E-state index >= 15 is 0 Å². The van der Waals surface area contributed by atoms with Gasteiger partial charge in [0.05, 0.1) is 19.4 Å². The van der Waals surface area contributed by atoms with Crippen molar-refractivity contribution in [3.05, 3.63) is 48.0 Å². The first kappa shape index (κ1) is 16.6. The third-order valence-electron chi connectivity index (χ3n) is 4.64. The maximum atomic E-state index is 12.3. The number of aryl methyl sites for hydroxylation is 1. The number of ether oxygens (including phenoxy) is 1. The summed E-state index contributed by atoms with van der Waals surface area (Å²) in [6, 6.07) is 7.92. The molecule has 128 valence electrons. The number of carbonyl (C=O) groups excluding carboxylic acids is 1. The van der Waals surface area contributed by atoms with Crippen LogP contribution in [-0.4, -0.2) is 40.5 Å². The van der Waals surface area contributed by atoms with E-state index in [1.54, 1.807) is 6.33 Å². The molecular weight excluding hydrogens is 302 g/mol. The number of nitrogens with zero attached hydrogens (tertiary/aromatic N) is 2. The maximum Gasteiger partial charge on any atom is 0.225 e. The molecule has 0 saturated carbocycles. The number of benzene rings is 1. The number of imidazole rings is 1. The summed E-state index contributed by atoms with van der Waals surface area (Å²) in [6.45, 7) is 4.18. The van der Waals surface area contributed by atoms with Gasteiger partial charge in [-0.15, -0.1) is 0 Å². The number of H-pyrrole nitrogens is 1. The molecule has 1 amide bonds. The smallest absolute Gasteiger partial charge is 0.225 e. The molecule has 0 spiro atoms. The number of rotatable bonds is 6. The molecule has 1 aromatic carbocycles. The number of piperidine rings is 1. The summed E-state index contributed by atoms with van der Waals surface area (Å²) in [5, 5.41) is 0. The minimum Gasteiger partial charge on any atom is -0.493 e. The third-order valence-corrected chi connectivity index (χ3v) is 4.64. The monoisotopic (exact) mass is 327 g/mol. The molecule has 1 aromatic heterocycles. The van der Waals surface area contributed by atoms with Crippen molar-refractivity contribution < 1.29 is 9.53 Å². The molecule has 0 bridgehead atoms. The molecule has 5 nitrogen and oxygen atoms in total. The number of carbonyl (C=O) groups is 1. The standard InChI is InChI=1S/C19H25N3O2/c1-15-2-4-18(5-3-15)24-11-8-19(23)22-9-6-16(7-10-22)12-17-13-20-14-21-17/h2-5,13-14,16H,6-12H2,1H3,(H,20,21). The van der Waals surface area contributed by atoms with Gasteiger partial charge in [0.1, 0.15) is 5.75 Å². The van der Waals surface area contributed by atoms with Crippen LogP contribution in [0.4, 0.5) is 0 Å². The largest absolute Gasteiger partial charge is 0.493 e. The van der Waals surface area contributed by atoms with Gasteiger partial charge in [-0.25, -0.2) is 4.98 Å². The van der Waals surface area contributed by atoms with E-state index in [4.69, 9.17) is 4.74 Å². The lowest BCUT2D eigenvalue weighted by Crippen LogP contribution is -2.39. The van der Waals surface area contributed by atoms with E-state index in [1.165, 1.54) is 11.3 Å². The van der Waals surface area contributed by atoms with E-state index in [1.807, 2.05) is 42.3 Å². The van der Waals surface area contributed by atoms with Crippen molar-refractivity contribution in [1.29, 1.82) is 0 Å². The fourth-order valence-electron chi connectivity index (χ4n) is 3.14. The van der Waals surface area contributed by atoms with Gasteiger partial charge in [-0.2, -0.15) is 0 Å². The molecule has 2 heterocycles. The molecule has 0 unspecified atom stereocenters. The number of aromatic amines is 1. The van der Waals surface area contributed by atoms with Gasteiger partial charge in [-0.3, -0.25) is 4.79 Å². The number of hydrogen-bond acceptors (Lipinski definition) is 3. The first-order valence-electron chi connectivity index (χ1n) is 8.65. The van der Waals surface area contributed by atoms with Gasteiger partial charge in [-0.05, 0) is 44.2 Å². The Labute approximate surface area is 143 Å². The second-order valence-electron chi connectivity index (χ2n) is 6.52. The van der Waals surface area contributed by atoms with Crippen LogP contribution in [0.3, 0.4) is 0 Å². The average Bonchev–Trinajstić information content (AvgIpc) is 3.10. The Morgan fingerprint density at radius 1 is 1.29 bits per heavy atom. The van der Waals surface area contributed by atoms with Crippen molar-refractivity contribution in [2.24, 2.45) is 5.92 Å². The zero-order chi connectivity index (χ0) is 16.8. The average molecular weight is 327 g/mol. The summed E-state index contributed by atoms with van der Waals surface area (Å²) >= 11 is 0. The minimum absolute atomic E-state index is 0.196. The SMILES string of the molecule is Cc1ccc(OCCC(=O)N2CCC(Cc3cnc[nH]3)CC2)cc1. The summed E-state index contributed by atoms with van der Waals surface area (Å²) in [7, 11) is 0. The van der Waals surface area contributed by atoms with Crippen LogP contribution in [0, 0.1) is 12.8 Å². The molecule has 2 aromatic rings. The van der Waals surface area contributed by atoms with Crippen molar-refractivity contribution in [1.82, 2.24) is 14.9 Å². The van der Waals surface area contributed by atoms with E-state index in [0.717, 1.165) is 38.1 Å². The number of amides is 1. The minimum atomic E-state index is 0.196. The summed E-state index contributed by atoms with van der Waals surface area (Å²) in [5.74, 6) is 1.66. The third kappa shape index (κ3) is 4.60. The Morgan fingerprint density at radius 2 is 2.04 bits per heavy atom. The maximum absolute atomic E-state index is 12.3. The second-order valence-corrected chi connectivity index (χ2v) is 6.52. The number of nitrogens with one attached hydrogen (secondary N) is 1. The summed E-state index contributed by atoms with van der Waals surface area (Å²) in [6.07, 6.45) is 7.20. The Morgan fingerprint density at radius 3 is 2.71 bits per heavy atom. The van der Waals surface area contributed by atoms with Gasteiger partial charge >= 0.3 is 0 Å². The Kier molecular flexibility index (Phi) is 5.51. The van der Waals surface area contributed by atoms with Crippen LogP contribution in [0.25, 0.3) is 0 Å². The van der Waals surface area contributed by atoms with Crippen molar-refractivity contribution >= 4 is 5.91 Å². The molecule has 24 heavy (non-hydrogen) atoms. The van der Waals surface area contributed by atoms with Gasteiger partial charge in [0.2, 0.25) is 5.91 Å². The van der Waals surface area contributed by atoms with Crippen LogP contribution in [-0.2, 0) is 11.2 Å². The van der Waals surface area contributed by atoms with E-state index in [-0.39, 0.29) is 5.91 Å². The first-order chi connectivity index (χ1) is 11.7. The van der Waals surface area contributed by atoms with Crippen LogP contribution in [0.2, 0.25) is 0 Å². The molecule has 5 heteroatoms. The van der Waals surface area contributed by atoms with Crippen LogP contribution in [0.1, 0.15) is 30.5 Å². The molecule has 1 saturated heterocycles. The predicted octanol–water partition coefficient (Wildman–Crippen LogP) is 2.97. The molecular formula is C19H25N3O2. The lowest BCUT2D eigenvalue weighted by atomic mass is 9.92. The highest BCUT2D eigenvalue weighted by Gasteiger charge is 2.23. The highest BCUT2D eigenvalue weighted by Crippen LogP contribution is 2.21. The van der Waals surface area contributed by atoms with Gasteiger partial charge in [-0.1, -0.05) is 17.7 Å². The predicted molar refractivity (Wildman–Crippen MR) is 92.9 cm³/mol. The Balaban J connectivity index is 1.36. The fourth-order valence-corrected chi connectivity index (χ4v) is 3.14. The van der Waals surface area contributed by atoms with E-state index in [9.17, 15) is 4.79 Å². The Bertz CT molecular complexity index is 629. The van der Waals surface area contributed by atoms with E-state index in [2.05, 4.69) is 9.97 Å². The van der Waals surface area contributed by atoms with Crippen LogP contribution in [0.5, 0.6) is 5.75 Å². The van der Waals surface area contributed by atoms with Crippen LogP contribution >= 0.6 is 0 Å². The zero-order valence-corrected chi connectivity index (χ0v) is 14.2. The van der Waals surface area contributed by atoms with Crippen molar-refractivity contribution in [2.75, 3.05) is 19.7 Å². The fraction of sp³-hybridized carbons (Fsp3) is 0.474. The van der Waals surface area contributed by atoms with Gasteiger partial charge in [0.15, 0.2) is 0 Å². The highest BCUT2D eigenvalue weighted by atomic mass is 16.5. The van der Waals surface area contributed by atoms with Crippen LogP contribution < -0.4 is 4.74 Å². The molecule has 1 fully saturated rings. The first-order valence-corrected chi connectivity index (χ1v) is 8.65. The molecule has 1 N–H and O–H groups in total. The summed E-state index contributed by atoms with van der Waals surface area (Å²) < 4.78 is 5.66. The Hall–Kier alpha value is -2.30. The second kappa shape index (κ2) is 7.99. The molecule has 0 radical (unpaired) electrons. The zero-order valence-electron chi connectivity index (χ0n) is 14.2. The van der Waals surface area contributed by atoms with Crippen molar-refractivity contribution in [3.8, 4) is 5.75 Å². The molecule has 1 aliphatic heterocycles. The van der Waals surface area contributed by atoms with Crippen molar-refractivity contribution in [3.63, 3.8) is 0 Å². The molecule has 0 atom stereocenters. The molecule has 1 aliphatic rings. The highest BCUT2D eigenvalue weighted by molar-refractivity contribution is 5.76. The molecule has 3 rings (SSSR count). The van der Waals surface area contributed by atoms with Crippen LogP contribution in [0.15, 0.2) is 36.8 Å². The van der Waals surface area contributed by atoms with Gasteiger partial charge < -0.3 is 14.6 Å².